The van der Waals surface area contributed by atoms with Gasteiger partial charge in [-0.25, -0.2) is 0 Å². The van der Waals surface area contributed by atoms with Gasteiger partial charge in [0, 0.05) is 34.7 Å². The molecule has 6 nitrogen and oxygen atoms in total. The van der Waals surface area contributed by atoms with Crippen LogP contribution in [0.2, 0.25) is 0 Å². The molecular formula is C27H18AlN3O3. The second-order valence-corrected chi connectivity index (χ2v) is 8.91. The van der Waals surface area contributed by atoms with Crippen LogP contribution in [0.3, 0.4) is 0 Å². The summed E-state index contributed by atoms with van der Waals surface area (Å²) in [5.41, 5.74) is 2.53. The first-order valence-electron chi connectivity index (χ1n) is 10.9. The van der Waals surface area contributed by atoms with E-state index < -0.39 is 15.1 Å². The van der Waals surface area contributed by atoms with Gasteiger partial charge in [0.1, 0.15) is 0 Å². The van der Waals surface area contributed by atoms with Gasteiger partial charge in [0.2, 0.25) is 0 Å². The lowest BCUT2D eigenvalue weighted by Gasteiger charge is -2.19. The molecule has 0 radical (unpaired) electrons. The number of benzene rings is 3. The van der Waals surface area contributed by atoms with Gasteiger partial charge in [0.15, 0.2) is 0 Å². The number of rotatable bonds is 6. The van der Waals surface area contributed by atoms with E-state index in [0.717, 1.165) is 32.7 Å². The average Bonchev–Trinajstić information content (AvgIpc) is 2.89. The van der Waals surface area contributed by atoms with Gasteiger partial charge >= 0.3 is 15.1 Å². The zero-order valence-electron chi connectivity index (χ0n) is 18.0. The van der Waals surface area contributed by atoms with E-state index in [1.54, 1.807) is 18.6 Å². The third-order valence-electron chi connectivity index (χ3n) is 5.50. The maximum absolute atomic E-state index is 6.45. The third kappa shape index (κ3) is 3.99. The van der Waals surface area contributed by atoms with Gasteiger partial charge in [-0.15, -0.1) is 0 Å². The van der Waals surface area contributed by atoms with Crippen LogP contribution >= 0.6 is 0 Å². The highest BCUT2D eigenvalue weighted by Gasteiger charge is 2.45. The molecule has 0 aliphatic rings. The molecule has 0 unspecified atom stereocenters. The van der Waals surface area contributed by atoms with Gasteiger partial charge in [-0.3, -0.25) is 15.0 Å². The van der Waals surface area contributed by atoms with E-state index in [-0.39, 0.29) is 0 Å². The molecule has 0 amide bonds. The quantitative estimate of drug-likeness (QED) is 0.291. The van der Waals surface area contributed by atoms with Crippen LogP contribution in [-0.2, 0) is 0 Å². The van der Waals surface area contributed by atoms with Gasteiger partial charge in [-0.1, -0.05) is 36.4 Å². The number of para-hydroxylation sites is 3. The topological polar surface area (TPSA) is 66.4 Å². The molecule has 3 heterocycles. The molecule has 0 aliphatic carbocycles. The van der Waals surface area contributed by atoms with Gasteiger partial charge in [-0.2, -0.15) is 0 Å². The van der Waals surface area contributed by atoms with E-state index in [9.17, 15) is 0 Å². The minimum Gasteiger partial charge on any atom is -0.577 e. The maximum atomic E-state index is 6.45. The Morgan fingerprint density at radius 3 is 1.09 bits per heavy atom. The Hall–Kier alpha value is -4.18. The molecule has 0 aliphatic heterocycles. The fraction of sp³-hybridized carbons (Fsp3) is 0. The molecule has 0 bridgehead atoms. The lowest BCUT2D eigenvalue weighted by atomic mass is 10.2. The zero-order chi connectivity index (χ0) is 22.7. The maximum Gasteiger partial charge on any atom is 1.20 e. The molecular weight excluding hydrogens is 441 g/mol. The van der Waals surface area contributed by atoms with E-state index in [1.165, 1.54) is 0 Å². The van der Waals surface area contributed by atoms with Crippen LogP contribution in [-0.4, -0.2) is 30.1 Å². The second kappa shape index (κ2) is 8.99. The third-order valence-corrected chi connectivity index (χ3v) is 6.84. The van der Waals surface area contributed by atoms with Crippen LogP contribution in [0.25, 0.3) is 32.7 Å². The molecule has 3 aromatic carbocycles. The van der Waals surface area contributed by atoms with Crippen molar-refractivity contribution < 1.29 is 11.4 Å². The van der Waals surface area contributed by atoms with Crippen molar-refractivity contribution in [2.24, 2.45) is 0 Å². The van der Waals surface area contributed by atoms with Crippen LogP contribution in [0.5, 0.6) is 17.2 Å². The fourth-order valence-corrected chi connectivity index (χ4v) is 5.28. The van der Waals surface area contributed by atoms with Crippen molar-refractivity contribution in [2.45, 2.75) is 0 Å². The number of fused-ring (bicyclic) bond motifs is 3. The van der Waals surface area contributed by atoms with Gasteiger partial charge in [-0.05, 0) is 54.6 Å². The van der Waals surface area contributed by atoms with Gasteiger partial charge in [0.05, 0.1) is 33.8 Å². The summed E-state index contributed by atoms with van der Waals surface area (Å²) in [6.45, 7) is 0. The van der Waals surface area contributed by atoms with E-state index in [0.29, 0.717) is 17.2 Å². The monoisotopic (exact) mass is 459 g/mol. The Morgan fingerprint density at radius 2 is 0.735 bits per heavy atom. The number of hydrogen-bond acceptors (Lipinski definition) is 6. The highest BCUT2D eigenvalue weighted by Crippen LogP contribution is 2.29. The summed E-state index contributed by atoms with van der Waals surface area (Å²) < 4.78 is 19.3. The first-order chi connectivity index (χ1) is 16.8. The molecule has 0 atom stereocenters. The standard InChI is InChI=1S/3C9H7NO.Al/c3*11-9-5-6-10-8-4-2-1-3-7(8)9;/h3*1-6H,(H,10,11);/q;;;+3/p-3. The predicted molar refractivity (Wildman–Crippen MR) is 133 cm³/mol. The first-order valence-corrected chi connectivity index (χ1v) is 12.3. The van der Waals surface area contributed by atoms with Crippen molar-refractivity contribution in [2.75, 3.05) is 0 Å². The van der Waals surface area contributed by atoms with Crippen LogP contribution in [0, 0.1) is 0 Å². The van der Waals surface area contributed by atoms with Crippen molar-refractivity contribution >= 4 is 47.9 Å². The summed E-state index contributed by atoms with van der Waals surface area (Å²) >= 11 is -2.82. The predicted octanol–water partition coefficient (Wildman–Crippen LogP) is 5.85. The van der Waals surface area contributed by atoms with Crippen molar-refractivity contribution in [3.05, 3.63) is 110 Å². The SMILES string of the molecule is c1ccc2c([O][Al]([O]c3ccnc4ccccc34)[O]c3ccnc4ccccc34)ccnc2c1. The Bertz CT molecular complexity index is 1420. The van der Waals surface area contributed by atoms with Crippen molar-refractivity contribution in [1.29, 1.82) is 0 Å². The largest absolute Gasteiger partial charge is 1.20 e. The molecule has 0 spiro atoms. The molecule has 0 fully saturated rings. The normalized spacial score (nSPS) is 10.9. The smallest absolute Gasteiger partial charge is 0.577 e. The van der Waals surface area contributed by atoms with Crippen LogP contribution in [0.4, 0.5) is 0 Å². The molecule has 34 heavy (non-hydrogen) atoms. The highest BCUT2D eigenvalue weighted by molar-refractivity contribution is 6.40. The molecule has 0 saturated heterocycles. The van der Waals surface area contributed by atoms with Crippen LogP contribution < -0.4 is 11.4 Å². The van der Waals surface area contributed by atoms with Crippen molar-refractivity contribution in [3.63, 3.8) is 0 Å². The molecule has 0 saturated carbocycles. The Labute approximate surface area is 200 Å². The Morgan fingerprint density at radius 1 is 0.412 bits per heavy atom. The second-order valence-electron chi connectivity index (χ2n) is 7.62. The van der Waals surface area contributed by atoms with E-state index in [1.807, 2.05) is 91.0 Å². The Kier molecular flexibility index (Phi) is 5.40. The molecule has 162 valence electrons. The summed E-state index contributed by atoms with van der Waals surface area (Å²) in [5, 5.41) is 2.69. The summed E-state index contributed by atoms with van der Waals surface area (Å²) in [7, 11) is 0. The van der Waals surface area contributed by atoms with Gasteiger partial charge < -0.3 is 11.4 Å². The minimum atomic E-state index is -2.82. The average molecular weight is 459 g/mol. The highest BCUT2D eigenvalue weighted by atomic mass is 27.3. The molecule has 7 heteroatoms. The fourth-order valence-electron chi connectivity index (χ4n) is 3.90. The van der Waals surface area contributed by atoms with Crippen LogP contribution in [0.1, 0.15) is 0 Å². The summed E-state index contributed by atoms with van der Waals surface area (Å²) in [4.78, 5) is 13.3. The lowest BCUT2D eigenvalue weighted by Crippen LogP contribution is -2.37. The molecule has 6 aromatic rings. The number of nitrogens with zero attached hydrogens (tertiary/aromatic N) is 3. The van der Waals surface area contributed by atoms with E-state index >= 15 is 0 Å². The summed E-state index contributed by atoms with van der Waals surface area (Å²) in [6, 6.07) is 29.0. The summed E-state index contributed by atoms with van der Waals surface area (Å²) in [6.07, 6.45) is 5.19. The van der Waals surface area contributed by atoms with Gasteiger partial charge in [0.25, 0.3) is 0 Å². The Balaban J connectivity index is 1.42. The number of aromatic nitrogens is 3. The molecule has 6 rings (SSSR count). The van der Waals surface area contributed by atoms with E-state index in [4.69, 9.17) is 11.4 Å². The number of pyridine rings is 3. The lowest BCUT2D eigenvalue weighted by molar-refractivity contribution is 0.311. The van der Waals surface area contributed by atoms with Crippen molar-refractivity contribution in [1.82, 2.24) is 15.0 Å². The minimum absolute atomic E-state index is 0.666. The first kappa shape index (κ1) is 20.4. The molecule has 3 aromatic heterocycles. The van der Waals surface area contributed by atoms with E-state index in [2.05, 4.69) is 15.0 Å². The summed E-state index contributed by atoms with van der Waals surface area (Å²) in [5.74, 6) is 2.00. The van der Waals surface area contributed by atoms with Crippen LogP contribution in [0.15, 0.2) is 110 Å². The number of hydrogen-bond donors (Lipinski definition) is 0. The zero-order valence-corrected chi connectivity index (χ0v) is 19.2. The van der Waals surface area contributed by atoms with Crippen molar-refractivity contribution in [3.8, 4) is 17.2 Å². The molecule has 0 N–H and O–H groups in total.